The smallest absolute Gasteiger partial charge is 0.122 e. The Bertz CT molecular complexity index is 349. The fraction of sp³-hybridized carbons (Fsp3) is 0.333. The summed E-state index contributed by atoms with van der Waals surface area (Å²) < 4.78 is 5.61. The van der Waals surface area contributed by atoms with Crippen LogP contribution >= 0.6 is 11.6 Å². The highest BCUT2D eigenvalue weighted by Gasteiger charge is 2.01. The van der Waals surface area contributed by atoms with Gasteiger partial charge < -0.3 is 10.1 Å². The van der Waals surface area contributed by atoms with E-state index < -0.39 is 0 Å². The lowest BCUT2D eigenvalue weighted by Gasteiger charge is -2.10. The number of hydrogen-bond donors (Lipinski definition) is 1. The van der Waals surface area contributed by atoms with Gasteiger partial charge in [0.2, 0.25) is 0 Å². The first kappa shape index (κ1) is 12.1. The van der Waals surface area contributed by atoms with Crippen molar-refractivity contribution in [3.8, 4) is 5.75 Å². The fourth-order valence-electron chi connectivity index (χ4n) is 1.26. The van der Waals surface area contributed by atoms with E-state index >= 15 is 0 Å². The second-order valence-corrected chi connectivity index (χ2v) is 3.92. The van der Waals surface area contributed by atoms with Crippen LogP contribution in [0.1, 0.15) is 5.56 Å². The quantitative estimate of drug-likeness (QED) is 0.779. The second kappa shape index (κ2) is 5.79. The summed E-state index contributed by atoms with van der Waals surface area (Å²) >= 11 is 5.85. The fourth-order valence-corrected chi connectivity index (χ4v) is 1.48. The van der Waals surface area contributed by atoms with Crippen LogP contribution in [-0.2, 0) is 0 Å². The van der Waals surface area contributed by atoms with Crippen LogP contribution in [0.4, 0.5) is 0 Å². The molecular weight excluding hydrogens is 210 g/mol. The summed E-state index contributed by atoms with van der Waals surface area (Å²) in [5.74, 6) is 0.858. The molecule has 0 aliphatic rings. The number of rotatable bonds is 5. The number of nitrogens with one attached hydrogen (secondary N) is 1. The van der Waals surface area contributed by atoms with Crippen molar-refractivity contribution in [2.24, 2.45) is 0 Å². The number of hydrogen-bond acceptors (Lipinski definition) is 2. The number of benzene rings is 1. The third-order valence-corrected chi connectivity index (χ3v) is 2.23. The van der Waals surface area contributed by atoms with Crippen molar-refractivity contribution in [2.75, 3.05) is 20.2 Å². The number of ether oxygens (including phenoxy) is 1. The molecule has 1 rings (SSSR count). The molecule has 0 amide bonds. The van der Waals surface area contributed by atoms with E-state index in [-0.39, 0.29) is 0 Å². The van der Waals surface area contributed by atoms with E-state index in [4.69, 9.17) is 16.3 Å². The van der Waals surface area contributed by atoms with Crippen molar-refractivity contribution in [1.29, 1.82) is 0 Å². The molecule has 1 aromatic rings. The van der Waals surface area contributed by atoms with E-state index in [1.165, 1.54) is 0 Å². The van der Waals surface area contributed by atoms with Crippen molar-refractivity contribution >= 4 is 11.6 Å². The second-order valence-electron chi connectivity index (χ2n) is 3.48. The van der Waals surface area contributed by atoms with Crippen LogP contribution < -0.4 is 10.1 Å². The minimum Gasteiger partial charge on any atom is -0.489 e. The Labute approximate surface area is 95.9 Å². The standard InChI is InChI=1S/C12H16ClNO/c1-9(7-14-3)8-15-12-5-4-11(13)6-10(12)2/h4-6,14H,1,7-8H2,2-3H3. The van der Waals surface area contributed by atoms with Gasteiger partial charge in [0.05, 0.1) is 0 Å². The van der Waals surface area contributed by atoms with Crippen molar-refractivity contribution in [1.82, 2.24) is 5.32 Å². The molecule has 15 heavy (non-hydrogen) atoms. The molecule has 3 heteroatoms. The first-order valence-corrected chi connectivity index (χ1v) is 5.21. The van der Waals surface area contributed by atoms with Crippen LogP contribution in [0.25, 0.3) is 0 Å². The zero-order valence-electron chi connectivity index (χ0n) is 9.14. The minimum absolute atomic E-state index is 0.531. The summed E-state index contributed by atoms with van der Waals surface area (Å²) in [6.45, 7) is 7.17. The largest absolute Gasteiger partial charge is 0.489 e. The molecule has 0 atom stereocenters. The average molecular weight is 226 g/mol. The Hall–Kier alpha value is -0.990. The summed E-state index contributed by atoms with van der Waals surface area (Å²) in [6.07, 6.45) is 0. The van der Waals surface area contributed by atoms with Crippen molar-refractivity contribution in [2.45, 2.75) is 6.92 Å². The third kappa shape index (κ3) is 3.94. The Morgan fingerprint density at radius 2 is 2.27 bits per heavy atom. The van der Waals surface area contributed by atoms with Crippen LogP contribution in [0.2, 0.25) is 5.02 Å². The van der Waals surface area contributed by atoms with Crippen LogP contribution in [-0.4, -0.2) is 20.2 Å². The van der Waals surface area contributed by atoms with E-state index in [9.17, 15) is 0 Å². The van der Waals surface area contributed by atoms with Gasteiger partial charge in [0, 0.05) is 11.6 Å². The molecule has 0 radical (unpaired) electrons. The molecule has 0 saturated carbocycles. The summed E-state index contributed by atoms with van der Waals surface area (Å²) in [5, 5.41) is 3.76. The first-order valence-electron chi connectivity index (χ1n) is 4.83. The molecular formula is C12H16ClNO. The number of likely N-dealkylation sites (N-methyl/N-ethyl adjacent to an activating group) is 1. The molecule has 0 aliphatic heterocycles. The van der Waals surface area contributed by atoms with Gasteiger partial charge in [-0.05, 0) is 43.3 Å². The van der Waals surface area contributed by atoms with E-state index in [1.807, 2.05) is 32.2 Å². The molecule has 0 saturated heterocycles. The topological polar surface area (TPSA) is 21.3 Å². The summed E-state index contributed by atoms with van der Waals surface area (Å²) in [4.78, 5) is 0. The predicted octanol–water partition coefficient (Wildman–Crippen LogP) is 2.80. The first-order chi connectivity index (χ1) is 7.13. The van der Waals surface area contributed by atoms with Crippen LogP contribution in [0, 0.1) is 6.92 Å². The molecule has 82 valence electrons. The van der Waals surface area contributed by atoms with Crippen LogP contribution in [0.5, 0.6) is 5.75 Å². The highest BCUT2D eigenvalue weighted by Crippen LogP contribution is 2.21. The molecule has 0 heterocycles. The van der Waals surface area contributed by atoms with E-state index in [0.717, 1.165) is 28.5 Å². The maximum atomic E-state index is 5.85. The number of aryl methyl sites for hydroxylation is 1. The van der Waals surface area contributed by atoms with Crippen molar-refractivity contribution in [3.63, 3.8) is 0 Å². The zero-order chi connectivity index (χ0) is 11.3. The van der Waals surface area contributed by atoms with E-state index in [2.05, 4.69) is 11.9 Å². The lowest BCUT2D eigenvalue weighted by atomic mass is 10.2. The van der Waals surface area contributed by atoms with Gasteiger partial charge in [-0.15, -0.1) is 0 Å². The van der Waals surface area contributed by atoms with E-state index in [1.54, 1.807) is 0 Å². The van der Waals surface area contributed by atoms with Crippen molar-refractivity contribution in [3.05, 3.63) is 40.9 Å². The van der Waals surface area contributed by atoms with Gasteiger partial charge in [0.1, 0.15) is 12.4 Å². The lowest BCUT2D eigenvalue weighted by Crippen LogP contribution is -2.14. The summed E-state index contributed by atoms with van der Waals surface area (Å²) in [5.41, 5.74) is 2.06. The lowest BCUT2D eigenvalue weighted by molar-refractivity contribution is 0.347. The Kier molecular flexibility index (Phi) is 4.66. The van der Waals surface area contributed by atoms with Gasteiger partial charge >= 0.3 is 0 Å². The van der Waals surface area contributed by atoms with Gasteiger partial charge in [-0.25, -0.2) is 0 Å². The molecule has 1 N–H and O–H groups in total. The maximum absolute atomic E-state index is 5.85. The molecule has 0 aromatic heterocycles. The molecule has 0 aliphatic carbocycles. The van der Waals surface area contributed by atoms with Gasteiger partial charge in [-0.1, -0.05) is 18.2 Å². The van der Waals surface area contributed by atoms with Crippen molar-refractivity contribution < 1.29 is 4.74 Å². The molecule has 0 spiro atoms. The van der Waals surface area contributed by atoms with Gasteiger partial charge in [0.25, 0.3) is 0 Å². The Balaban J connectivity index is 2.54. The monoisotopic (exact) mass is 225 g/mol. The molecule has 0 fully saturated rings. The highest BCUT2D eigenvalue weighted by molar-refractivity contribution is 6.30. The van der Waals surface area contributed by atoms with Crippen LogP contribution in [0.3, 0.4) is 0 Å². The molecule has 2 nitrogen and oxygen atoms in total. The Morgan fingerprint density at radius 1 is 1.53 bits per heavy atom. The van der Waals surface area contributed by atoms with Crippen LogP contribution in [0.15, 0.2) is 30.4 Å². The number of halogens is 1. The maximum Gasteiger partial charge on any atom is 0.122 e. The van der Waals surface area contributed by atoms with Gasteiger partial charge in [-0.2, -0.15) is 0 Å². The van der Waals surface area contributed by atoms with E-state index in [0.29, 0.717) is 6.61 Å². The predicted molar refractivity (Wildman–Crippen MR) is 64.8 cm³/mol. The summed E-state index contributed by atoms with van der Waals surface area (Å²) in [7, 11) is 1.89. The molecule has 0 bridgehead atoms. The minimum atomic E-state index is 0.531. The van der Waals surface area contributed by atoms with Gasteiger partial charge in [0.15, 0.2) is 0 Å². The SMILES string of the molecule is C=C(CNC)COc1ccc(Cl)cc1C. The average Bonchev–Trinajstić information content (AvgIpc) is 2.17. The Morgan fingerprint density at radius 3 is 2.87 bits per heavy atom. The highest BCUT2D eigenvalue weighted by atomic mass is 35.5. The third-order valence-electron chi connectivity index (χ3n) is 2.00. The van der Waals surface area contributed by atoms with Gasteiger partial charge in [-0.3, -0.25) is 0 Å². The molecule has 1 aromatic carbocycles. The normalized spacial score (nSPS) is 10.1. The molecule has 0 unspecified atom stereocenters. The summed E-state index contributed by atoms with van der Waals surface area (Å²) in [6, 6.07) is 5.59. The zero-order valence-corrected chi connectivity index (χ0v) is 9.90.